The fourth-order valence-electron chi connectivity index (χ4n) is 2.86. The summed E-state index contributed by atoms with van der Waals surface area (Å²) >= 11 is 12.2. The van der Waals surface area contributed by atoms with Gasteiger partial charge in [0, 0.05) is 27.7 Å². The zero-order chi connectivity index (χ0) is 16.0. The molecule has 0 fully saturated rings. The molecule has 0 amide bonds. The van der Waals surface area contributed by atoms with Crippen molar-refractivity contribution in [1.29, 1.82) is 0 Å². The Bertz CT molecular complexity index is 867. The monoisotopic (exact) mass is 347 g/mol. The lowest BCUT2D eigenvalue weighted by molar-refractivity contribution is 0.628. The summed E-state index contributed by atoms with van der Waals surface area (Å²) in [4.78, 5) is 0. The zero-order valence-electron chi connectivity index (χ0n) is 12.0. The van der Waals surface area contributed by atoms with Gasteiger partial charge in [-0.3, -0.25) is 0 Å². The van der Waals surface area contributed by atoms with Gasteiger partial charge >= 0.3 is 0 Å². The van der Waals surface area contributed by atoms with Gasteiger partial charge < -0.3 is 5.32 Å². The maximum absolute atomic E-state index is 13.2. The molecule has 0 saturated carbocycles. The molecule has 2 aromatic carbocycles. The van der Waals surface area contributed by atoms with Gasteiger partial charge in [0.2, 0.25) is 0 Å². The van der Waals surface area contributed by atoms with Crippen molar-refractivity contribution in [2.45, 2.75) is 6.42 Å². The lowest BCUT2D eigenvalue weighted by atomic mass is 10.1. The van der Waals surface area contributed by atoms with E-state index in [0.29, 0.717) is 10.0 Å². The summed E-state index contributed by atoms with van der Waals surface area (Å²) in [6.07, 6.45) is 0.871. The molecule has 0 saturated heterocycles. The number of nitrogens with zero attached hydrogens (tertiary/aromatic N) is 2. The van der Waals surface area contributed by atoms with Crippen molar-refractivity contribution in [2.24, 2.45) is 0 Å². The molecule has 2 heterocycles. The third-order valence-corrected chi connectivity index (χ3v) is 4.30. The number of nitrogens with one attached hydrogen (secondary N) is 1. The van der Waals surface area contributed by atoms with Gasteiger partial charge in [-0.25, -0.2) is 9.07 Å². The van der Waals surface area contributed by atoms with Gasteiger partial charge in [-0.15, -0.1) is 0 Å². The molecule has 0 aliphatic carbocycles. The normalized spacial score (nSPS) is 13.0. The average molecular weight is 348 g/mol. The predicted octanol–water partition coefficient (Wildman–Crippen LogP) is 4.95. The molecule has 3 aromatic rings. The van der Waals surface area contributed by atoms with Crippen LogP contribution in [0.1, 0.15) is 5.56 Å². The van der Waals surface area contributed by atoms with E-state index in [4.69, 9.17) is 28.3 Å². The maximum Gasteiger partial charge on any atom is 0.133 e. The van der Waals surface area contributed by atoms with Crippen molar-refractivity contribution < 1.29 is 4.39 Å². The Kier molecular flexibility index (Phi) is 3.51. The van der Waals surface area contributed by atoms with Crippen molar-refractivity contribution in [3.05, 3.63) is 63.9 Å². The number of hydrogen-bond acceptors (Lipinski definition) is 2. The molecule has 116 valence electrons. The maximum atomic E-state index is 13.2. The van der Waals surface area contributed by atoms with Crippen molar-refractivity contribution >= 4 is 29.0 Å². The van der Waals surface area contributed by atoms with Crippen molar-refractivity contribution in [3.8, 4) is 16.9 Å². The van der Waals surface area contributed by atoms with Crippen molar-refractivity contribution in [2.75, 3.05) is 11.9 Å². The largest absolute Gasteiger partial charge is 0.369 e. The van der Waals surface area contributed by atoms with Crippen LogP contribution in [0.15, 0.2) is 42.5 Å². The minimum Gasteiger partial charge on any atom is -0.369 e. The number of hydrogen-bond donors (Lipinski definition) is 1. The smallest absolute Gasteiger partial charge is 0.133 e. The molecular weight excluding hydrogens is 336 g/mol. The molecule has 6 heteroatoms. The summed E-state index contributed by atoms with van der Waals surface area (Å²) in [5.41, 5.74) is 3.65. The molecule has 1 aliphatic heterocycles. The van der Waals surface area contributed by atoms with E-state index in [0.717, 1.165) is 41.3 Å². The molecule has 0 spiro atoms. The lowest BCUT2D eigenvalue weighted by Crippen LogP contribution is -2.04. The van der Waals surface area contributed by atoms with Crippen LogP contribution >= 0.6 is 23.2 Å². The molecule has 1 aliphatic rings. The molecule has 1 aromatic heterocycles. The van der Waals surface area contributed by atoms with E-state index in [9.17, 15) is 4.39 Å². The first-order valence-electron chi connectivity index (χ1n) is 7.20. The Morgan fingerprint density at radius 2 is 1.74 bits per heavy atom. The van der Waals surface area contributed by atoms with Crippen LogP contribution in [0.4, 0.5) is 10.2 Å². The Hall–Kier alpha value is -2.04. The van der Waals surface area contributed by atoms with Gasteiger partial charge in [0.1, 0.15) is 11.6 Å². The molecule has 1 N–H and O–H groups in total. The van der Waals surface area contributed by atoms with E-state index < -0.39 is 0 Å². The fraction of sp³-hybridized carbons (Fsp3) is 0.118. The zero-order valence-corrected chi connectivity index (χ0v) is 13.5. The molecule has 23 heavy (non-hydrogen) atoms. The molecule has 0 atom stereocenters. The Labute approximate surface area is 142 Å². The van der Waals surface area contributed by atoms with Crippen LogP contribution in [-0.4, -0.2) is 16.3 Å². The highest BCUT2D eigenvalue weighted by Gasteiger charge is 2.24. The van der Waals surface area contributed by atoms with Crippen molar-refractivity contribution in [1.82, 2.24) is 9.78 Å². The van der Waals surface area contributed by atoms with Crippen LogP contribution in [-0.2, 0) is 6.42 Å². The summed E-state index contributed by atoms with van der Waals surface area (Å²) in [7, 11) is 0. The lowest BCUT2D eigenvalue weighted by Gasteiger charge is -2.07. The number of benzene rings is 2. The van der Waals surface area contributed by atoms with Crippen LogP contribution in [0.3, 0.4) is 0 Å². The Balaban J connectivity index is 1.89. The van der Waals surface area contributed by atoms with Crippen LogP contribution < -0.4 is 5.32 Å². The van der Waals surface area contributed by atoms with E-state index in [-0.39, 0.29) is 5.82 Å². The van der Waals surface area contributed by atoms with E-state index in [1.807, 2.05) is 12.1 Å². The quantitative estimate of drug-likeness (QED) is 0.710. The van der Waals surface area contributed by atoms with Gasteiger partial charge in [0.25, 0.3) is 0 Å². The van der Waals surface area contributed by atoms with Crippen LogP contribution in [0.25, 0.3) is 16.9 Å². The van der Waals surface area contributed by atoms with Gasteiger partial charge in [-0.1, -0.05) is 23.2 Å². The van der Waals surface area contributed by atoms with E-state index in [1.165, 1.54) is 12.1 Å². The first-order valence-corrected chi connectivity index (χ1v) is 7.95. The van der Waals surface area contributed by atoms with Gasteiger partial charge in [-0.05, 0) is 48.9 Å². The summed E-state index contributed by atoms with van der Waals surface area (Å²) in [6, 6.07) is 11.7. The number of halogens is 3. The SMILES string of the molecule is Fc1ccc(-c2nn(-c3cc(Cl)cc(Cl)c3)c3c2CCN3)cc1. The molecule has 3 nitrogen and oxygen atoms in total. The topological polar surface area (TPSA) is 29.9 Å². The third-order valence-electron chi connectivity index (χ3n) is 3.86. The number of aromatic nitrogens is 2. The summed E-state index contributed by atoms with van der Waals surface area (Å²) in [6.45, 7) is 0.843. The average Bonchev–Trinajstić information content (AvgIpc) is 3.09. The minimum atomic E-state index is -0.260. The number of anilines is 1. The minimum absolute atomic E-state index is 0.260. The second kappa shape index (κ2) is 5.55. The first kappa shape index (κ1) is 14.5. The first-order chi connectivity index (χ1) is 11.1. The molecule has 0 radical (unpaired) electrons. The van der Waals surface area contributed by atoms with E-state index in [1.54, 1.807) is 22.9 Å². The highest BCUT2D eigenvalue weighted by Crippen LogP contribution is 2.35. The molecule has 0 unspecified atom stereocenters. The predicted molar refractivity (Wildman–Crippen MR) is 91.2 cm³/mol. The summed E-state index contributed by atoms with van der Waals surface area (Å²) in [5.74, 6) is 0.673. The third kappa shape index (κ3) is 2.58. The highest BCUT2D eigenvalue weighted by molar-refractivity contribution is 6.34. The Morgan fingerprint density at radius 3 is 2.43 bits per heavy atom. The highest BCUT2D eigenvalue weighted by atomic mass is 35.5. The van der Waals surface area contributed by atoms with E-state index in [2.05, 4.69) is 5.32 Å². The Morgan fingerprint density at radius 1 is 1.04 bits per heavy atom. The van der Waals surface area contributed by atoms with Gasteiger partial charge in [0.15, 0.2) is 0 Å². The summed E-state index contributed by atoms with van der Waals surface area (Å²) in [5, 5.41) is 9.15. The summed E-state index contributed by atoms with van der Waals surface area (Å²) < 4.78 is 15.0. The number of fused-ring (bicyclic) bond motifs is 1. The van der Waals surface area contributed by atoms with Crippen LogP contribution in [0, 0.1) is 5.82 Å². The second-order valence-electron chi connectivity index (χ2n) is 5.40. The van der Waals surface area contributed by atoms with Gasteiger partial charge in [0.05, 0.1) is 11.4 Å². The standard InChI is InChI=1S/C17H12Cl2FN3/c18-11-7-12(19)9-14(8-11)23-17-15(5-6-21-17)16(22-23)10-1-3-13(20)4-2-10/h1-4,7-9,21H,5-6H2. The molecule has 4 rings (SSSR count). The molecule has 0 bridgehead atoms. The van der Waals surface area contributed by atoms with Crippen LogP contribution in [0.5, 0.6) is 0 Å². The molecular formula is C17H12Cl2FN3. The van der Waals surface area contributed by atoms with Crippen molar-refractivity contribution in [3.63, 3.8) is 0 Å². The fourth-order valence-corrected chi connectivity index (χ4v) is 3.38. The van der Waals surface area contributed by atoms with E-state index >= 15 is 0 Å². The number of rotatable bonds is 2. The van der Waals surface area contributed by atoms with Crippen LogP contribution in [0.2, 0.25) is 10.0 Å². The second-order valence-corrected chi connectivity index (χ2v) is 6.27. The van der Waals surface area contributed by atoms with Gasteiger partial charge in [-0.2, -0.15) is 5.10 Å².